The molecule has 1 atom stereocenters. The first-order chi connectivity index (χ1) is 14.0. The summed E-state index contributed by atoms with van der Waals surface area (Å²) in [6.07, 6.45) is -7.97. The first kappa shape index (κ1) is 23.2. The molecule has 30 heavy (non-hydrogen) atoms. The number of rotatable bonds is 9. The van der Waals surface area contributed by atoms with Crippen LogP contribution in [0.15, 0.2) is 18.2 Å². The van der Waals surface area contributed by atoms with E-state index in [9.17, 15) is 32.4 Å². The number of halogens is 4. The average Bonchev–Trinajstić information content (AvgIpc) is 2.67. The van der Waals surface area contributed by atoms with Crippen molar-refractivity contribution in [3.8, 4) is 0 Å². The van der Waals surface area contributed by atoms with Crippen LogP contribution in [0.25, 0.3) is 11.0 Å². The third-order valence-electron chi connectivity index (χ3n) is 4.14. The Morgan fingerprint density at radius 3 is 2.60 bits per heavy atom. The Morgan fingerprint density at radius 1 is 1.20 bits per heavy atom. The van der Waals surface area contributed by atoms with Crippen molar-refractivity contribution in [2.45, 2.75) is 38.8 Å². The molecule has 2 amide bonds. The number of nitrogens with zero attached hydrogens (tertiary/aromatic N) is 4. The highest BCUT2D eigenvalue weighted by molar-refractivity contribution is 5.80. The smallest absolute Gasteiger partial charge is 0.284 e. The van der Waals surface area contributed by atoms with Crippen molar-refractivity contribution in [1.29, 1.82) is 0 Å². The lowest BCUT2D eigenvalue weighted by Gasteiger charge is -2.20. The molecule has 0 saturated heterocycles. The second-order valence-electron chi connectivity index (χ2n) is 6.63. The molecule has 1 heterocycles. The van der Waals surface area contributed by atoms with Gasteiger partial charge in [0.05, 0.1) is 18.0 Å². The Labute approximate surface area is 168 Å². The summed E-state index contributed by atoms with van der Waals surface area (Å²) in [6, 6.07) is 5.27. The summed E-state index contributed by atoms with van der Waals surface area (Å²) >= 11 is 0. The minimum absolute atomic E-state index is 0.0285. The SMILES string of the molecule is Cc1ccc2nc(NNC(=O)[C@H](CCCCC(F)(F)F)CN(O)C(=O)F)nnc2c1. The van der Waals surface area contributed by atoms with Crippen molar-refractivity contribution in [2.75, 3.05) is 12.0 Å². The van der Waals surface area contributed by atoms with E-state index in [1.54, 1.807) is 18.2 Å². The van der Waals surface area contributed by atoms with Crippen LogP contribution < -0.4 is 10.9 Å². The second-order valence-corrected chi connectivity index (χ2v) is 6.63. The molecule has 0 saturated carbocycles. The number of hydroxylamine groups is 2. The second kappa shape index (κ2) is 10.1. The Balaban J connectivity index is 1.98. The minimum atomic E-state index is -4.34. The van der Waals surface area contributed by atoms with Gasteiger partial charge in [0.1, 0.15) is 5.52 Å². The maximum atomic E-state index is 12.6. The van der Waals surface area contributed by atoms with E-state index in [4.69, 9.17) is 0 Å². The van der Waals surface area contributed by atoms with Crippen molar-refractivity contribution in [3.63, 3.8) is 0 Å². The van der Waals surface area contributed by atoms with Crippen LogP contribution in [0.4, 0.5) is 28.3 Å². The van der Waals surface area contributed by atoms with Crippen LogP contribution in [-0.2, 0) is 4.79 Å². The van der Waals surface area contributed by atoms with Gasteiger partial charge < -0.3 is 0 Å². The van der Waals surface area contributed by atoms with E-state index in [0.29, 0.717) is 11.0 Å². The molecule has 0 spiro atoms. The zero-order valence-corrected chi connectivity index (χ0v) is 15.9. The van der Waals surface area contributed by atoms with Gasteiger partial charge in [-0.1, -0.05) is 12.5 Å². The van der Waals surface area contributed by atoms with E-state index in [1.165, 1.54) is 0 Å². The van der Waals surface area contributed by atoms with Gasteiger partial charge in [-0.05, 0) is 37.5 Å². The number of benzene rings is 1. The van der Waals surface area contributed by atoms with Crippen LogP contribution in [0.2, 0.25) is 0 Å². The zero-order chi connectivity index (χ0) is 22.3. The summed E-state index contributed by atoms with van der Waals surface area (Å²) < 4.78 is 49.3. The van der Waals surface area contributed by atoms with Gasteiger partial charge >= 0.3 is 12.3 Å². The molecule has 2 rings (SSSR count). The lowest BCUT2D eigenvalue weighted by Crippen LogP contribution is -2.41. The zero-order valence-electron chi connectivity index (χ0n) is 15.9. The Kier molecular flexibility index (Phi) is 7.80. The molecule has 13 heteroatoms. The summed E-state index contributed by atoms with van der Waals surface area (Å²) in [5, 5.41) is 16.7. The van der Waals surface area contributed by atoms with Crippen LogP contribution in [0.3, 0.4) is 0 Å². The van der Waals surface area contributed by atoms with E-state index in [2.05, 4.69) is 26.0 Å². The maximum absolute atomic E-state index is 12.6. The van der Waals surface area contributed by atoms with Gasteiger partial charge in [0.15, 0.2) is 0 Å². The number of hydrogen-bond acceptors (Lipinski definition) is 7. The molecular formula is C17H20F4N6O3. The van der Waals surface area contributed by atoms with Crippen molar-refractivity contribution in [1.82, 2.24) is 25.7 Å². The van der Waals surface area contributed by atoms with Gasteiger partial charge in [-0.2, -0.15) is 18.2 Å². The normalized spacial score (nSPS) is 12.5. The van der Waals surface area contributed by atoms with Crippen LogP contribution in [0, 0.1) is 12.8 Å². The first-order valence-electron chi connectivity index (χ1n) is 8.95. The average molecular weight is 432 g/mol. The number of alkyl halides is 3. The molecule has 0 aliphatic heterocycles. The highest BCUT2D eigenvalue weighted by Gasteiger charge is 2.28. The van der Waals surface area contributed by atoms with Gasteiger partial charge in [0.2, 0.25) is 5.91 Å². The van der Waals surface area contributed by atoms with Crippen molar-refractivity contribution >= 4 is 29.0 Å². The van der Waals surface area contributed by atoms with Gasteiger partial charge in [0, 0.05) is 6.42 Å². The van der Waals surface area contributed by atoms with Gasteiger partial charge in [-0.15, -0.1) is 14.6 Å². The summed E-state index contributed by atoms with van der Waals surface area (Å²) in [5.74, 6) is -2.03. The monoisotopic (exact) mass is 432 g/mol. The molecule has 0 radical (unpaired) electrons. The minimum Gasteiger partial charge on any atom is -0.284 e. The van der Waals surface area contributed by atoms with E-state index < -0.39 is 37.1 Å². The fourth-order valence-corrected chi connectivity index (χ4v) is 2.62. The van der Waals surface area contributed by atoms with Crippen LogP contribution >= 0.6 is 0 Å². The number of amides is 2. The van der Waals surface area contributed by atoms with Crippen molar-refractivity contribution in [3.05, 3.63) is 23.8 Å². The van der Waals surface area contributed by atoms with Crippen LogP contribution in [0.5, 0.6) is 0 Å². The number of carbonyl (C=O) groups excluding carboxylic acids is 2. The topological polar surface area (TPSA) is 120 Å². The maximum Gasteiger partial charge on any atom is 0.424 e. The number of fused-ring (bicyclic) bond motifs is 1. The predicted molar refractivity (Wildman–Crippen MR) is 96.8 cm³/mol. The molecule has 0 fully saturated rings. The van der Waals surface area contributed by atoms with Crippen molar-refractivity contribution < 1.29 is 32.4 Å². The molecule has 0 bridgehead atoms. The fraction of sp³-hybridized carbons (Fsp3) is 0.471. The molecule has 0 unspecified atom stereocenters. The lowest BCUT2D eigenvalue weighted by molar-refractivity contribution is -0.136. The number of aromatic nitrogens is 3. The molecule has 0 aliphatic rings. The van der Waals surface area contributed by atoms with E-state index in [1.807, 2.05) is 6.92 Å². The summed E-state index contributed by atoms with van der Waals surface area (Å²) in [6.45, 7) is 1.14. The van der Waals surface area contributed by atoms with E-state index in [-0.39, 0.29) is 30.3 Å². The number of unbranched alkanes of at least 4 members (excludes halogenated alkanes) is 1. The molecule has 1 aromatic heterocycles. The molecule has 0 aliphatic carbocycles. The molecule has 1 aromatic carbocycles. The highest BCUT2D eigenvalue weighted by atomic mass is 19.4. The number of anilines is 1. The van der Waals surface area contributed by atoms with Crippen molar-refractivity contribution in [2.24, 2.45) is 5.92 Å². The Bertz CT molecular complexity index is 895. The number of hydrazine groups is 1. The summed E-state index contributed by atoms with van der Waals surface area (Å²) in [4.78, 5) is 27.0. The Morgan fingerprint density at radius 2 is 1.93 bits per heavy atom. The predicted octanol–water partition coefficient (Wildman–Crippen LogP) is 3.30. The third-order valence-corrected chi connectivity index (χ3v) is 4.14. The number of nitrogens with one attached hydrogen (secondary N) is 2. The van der Waals surface area contributed by atoms with Crippen LogP contribution in [0.1, 0.15) is 31.2 Å². The summed E-state index contributed by atoms with van der Waals surface area (Å²) in [5.41, 5.74) is 6.62. The van der Waals surface area contributed by atoms with E-state index >= 15 is 0 Å². The van der Waals surface area contributed by atoms with Crippen LogP contribution in [-0.4, -0.2) is 50.2 Å². The Hall–Kier alpha value is -3.09. The molecule has 164 valence electrons. The molecule has 2 aromatic rings. The van der Waals surface area contributed by atoms with E-state index in [0.717, 1.165) is 5.56 Å². The lowest BCUT2D eigenvalue weighted by atomic mass is 10.00. The largest absolute Gasteiger partial charge is 0.424 e. The number of carbonyl (C=O) groups is 2. The molecule has 3 N–H and O–H groups in total. The van der Waals surface area contributed by atoms with Gasteiger partial charge in [0.25, 0.3) is 5.95 Å². The highest BCUT2D eigenvalue weighted by Crippen LogP contribution is 2.24. The first-order valence-corrected chi connectivity index (χ1v) is 8.95. The number of aryl methyl sites for hydroxylation is 1. The van der Waals surface area contributed by atoms with Gasteiger partial charge in [-0.25, -0.2) is 9.78 Å². The number of hydrogen-bond donors (Lipinski definition) is 3. The summed E-state index contributed by atoms with van der Waals surface area (Å²) in [7, 11) is 0. The fourth-order valence-electron chi connectivity index (χ4n) is 2.62. The quantitative estimate of drug-likeness (QED) is 0.139. The van der Waals surface area contributed by atoms with Gasteiger partial charge in [-0.3, -0.25) is 20.9 Å². The molecule has 9 nitrogen and oxygen atoms in total. The molecular weight excluding hydrogens is 412 g/mol. The standard InChI is InChI=1S/C17H20F4N6O3/c1-10-5-6-12-13(8-10)23-25-16(22-12)26-24-14(28)11(9-27(30)15(18)29)4-2-3-7-17(19,20)21/h5-6,8,11,30H,2-4,7,9H2,1H3,(H,24,28)(H,22,25,26)/t11-/m1/s1. The third kappa shape index (κ3) is 7.39.